The zero-order chi connectivity index (χ0) is 13.1. The van der Waals surface area contributed by atoms with Crippen molar-refractivity contribution in [2.45, 2.75) is 25.3 Å². The van der Waals surface area contributed by atoms with Crippen LogP contribution < -0.4 is 5.32 Å². The fourth-order valence-corrected chi connectivity index (χ4v) is 2.71. The molecule has 0 aliphatic heterocycles. The Morgan fingerprint density at radius 2 is 2.28 bits per heavy atom. The second-order valence-corrected chi connectivity index (χ2v) is 5.65. The summed E-state index contributed by atoms with van der Waals surface area (Å²) in [6, 6.07) is 7.00. The van der Waals surface area contributed by atoms with Crippen LogP contribution in [0.25, 0.3) is 0 Å². The van der Waals surface area contributed by atoms with E-state index in [0.29, 0.717) is 0 Å². The number of phenolic OH excluding ortho intramolecular Hbond substituents is 1. The standard InChI is InChI=1S/C13H13IN2O2/c14-9-4-5-12(17)10(6-9)13(18)16-11-3-1-2-8(11)7-15/h4-6,8,11,17H,1-3H2,(H,16,18). The number of nitriles is 1. The van der Waals surface area contributed by atoms with E-state index in [2.05, 4.69) is 34.0 Å². The van der Waals surface area contributed by atoms with E-state index in [1.54, 1.807) is 12.1 Å². The third kappa shape index (κ3) is 2.75. The van der Waals surface area contributed by atoms with Crippen molar-refractivity contribution in [1.82, 2.24) is 5.32 Å². The SMILES string of the molecule is N#CC1CCCC1NC(=O)c1cc(I)ccc1O. The number of amides is 1. The molecule has 1 amide bonds. The molecule has 1 saturated carbocycles. The maximum absolute atomic E-state index is 12.1. The predicted molar refractivity (Wildman–Crippen MR) is 75.0 cm³/mol. The number of aromatic hydroxyl groups is 1. The minimum Gasteiger partial charge on any atom is -0.507 e. The number of carbonyl (C=O) groups excluding carboxylic acids is 1. The Bertz CT molecular complexity index is 510. The lowest BCUT2D eigenvalue weighted by molar-refractivity contribution is 0.0930. The number of nitrogens with zero attached hydrogens (tertiary/aromatic N) is 1. The smallest absolute Gasteiger partial charge is 0.255 e. The summed E-state index contributed by atoms with van der Waals surface area (Å²) in [6.45, 7) is 0. The summed E-state index contributed by atoms with van der Waals surface area (Å²) in [4.78, 5) is 12.1. The molecule has 0 bridgehead atoms. The van der Waals surface area contributed by atoms with Crippen LogP contribution in [0.3, 0.4) is 0 Å². The molecule has 0 aromatic heterocycles. The van der Waals surface area contributed by atoms with Gasteiger partial charge in [-0.2, -0.15) is 5.26 Å². The summed E-state index contributed by atoms with van der Waals surface area (Å²) in [5.41, 5.74) is 0.269. The van der Waals surface area contributed by atoms with Crippen molar-refractivity contribution in [3.63, 3.8) is 0 Å². The number of hydrogen-bond acceptors (Lipinski definition) is 3. The van der Waals surface area contributed by atoms with E-state index in [9.17, 15) is 9.90 Å². The molecule has 2 N–H and O–H groups in total. The molecule has 1 aromatic carbocycles. The van der Waals surface area contributed by atoms with Crippen molar-refractivity contribution in [3.05, 3.63) is 27.3 Å². The van der Waals surface area contributed by atoms with E-state index in [4.69, 9.17) is 5.26 Å². The number of carbonyl (C=O) groups is 1. The molecule has 94 valence electrons. The van der Waals surface area contributed by atoms with E-state index in [1.807, 2.05) is 0 Å². The van der Waals surface area contributed by atoms with Gasteiger partial charge in [0.1, 0.15) is 5.75 Å². The van der Waals surface area contributed by atoms with E-state index in [0.717, 1.165) is 22.8 Å². The molecule has 1 aliphatic rings. The van der Waals surface area contributed by atoms with Crippen LogP contribution in [0.1, 0.15) is 29.6 Å². The van der Waals surface area contributed by atoms with Gasteiger partial charge >= 0.3 is 0 Å². The zero-order valence-corrected chi connectivity index (χ0v) is 11.8. The molecule has 0 radical (unpaired) electrons. The molecule has 0 spiro atoms. The third-order valence-electron chi connectivity index (χ3n) is 3.20. The number of halogens is 1. The first-order valence-electron chi connectivity index (χ1n) is 5.81. The Kier molecular flexibility index (Phi) is 4.07. The Balaban J connectivity index is 2.13. The number of hydrogen-bond donors (Lipinski definition) is 2. The molecule has 1 aliphatic carbocycles. The molecule has 2 unspecified atom stereocenters. The summed E-state index contributed by atoms with van der Waals surface area (Å²) in [5.74, 6) is -0.448. The highest BCUT2D eigenvalue weighted by Gasteiger charge is 2.29. The van der Waals surface area contributed by atoms with E-state index < -0.39 is 0 Å². The lowest BCUT2D eigenvalue weighted by atomic mass is 10.1. The van der Waals surface area contributed by atoms with E-state index in [1.165, 1.54) is 6.07 Å². The summed E-state index contributed by atoms with van der Waals surface area (Å²) in [5, 5.41) is 21.5. The lowest BCUT2D eigenvalue weighted by Gasteiger charge is -2.16. The highest BCUT2D eigenvalue weighted by Crippen LogP contribution is 2.26. The van der Waals surface area contributed by atoms with Crippen molar-refractivity contribution in [2.24, 2.45) is 5.92 Å². The molecular formula is C13H13IN2O2. The van der Waals surface area contributed by atoms with E-state index in [-0.39, 0.29) is 29.2 Å². The van der Waals surface area contributed by atoms with Crippen LogP contribution in [0.4, 0.5) is 0 Å². The second kappa shape index (κ2) is 5.57. The Morgan fingerprint density at radius 1 is 1.50 bits per heavy atom. The fraction of sp³-hybridized carbons (Fsp3) is 0.385. The maximum atomic E-state index is 12.1. The number of nitrogens with one attached hydrogen (secondary N) is 1. The lowest BCUT2D eigenvalue weighted by Crippen LogP contribution is -2.36. The van der Waals surface area contributed by atoms with Crippen molar-refractivity contribution in [1.29, 1.82) is 5.26 Å². The van der Waals surface area contributed by atoms with Gasteiger partial charge in [0.2, 0.25) is 0 Å². The Labute approximate surface area is 119 Å². The molecule has 0 saturated heterocycles. The van der Waals surface area contributed by atoms with Crippen molar-refractivity contribution >= 4 is 28.5 Å². The molecule has 0 heterocycles. The average molecular weight is 356 g/mol. The summed E-state index contributed by atoms with van der Waals surface area (Å²) in [7, 11) is 0. The number of phenols is 1. The van der Waals surface area contributed by atoms with Gasteiger partial charge in [-0.15, -0.1) is 0 Å². The van der Waals surface area contributed by atoms with Gasteiger partial charge in [-0.05, 0) is 60.1 Å². The molecule has 18 heavy (non-hydrogen) atoms. The van der Waals surface area contributed by atoms with Gasteiger partial charge in [-0.1, -0.05) is 0 Å². The first-order valence-corrected chi connectivity index (χ1v) is 6.88. The van der Waals surface area contributed by atoms with Crippen LogP contribution >= 0.6 is 22.6 Å². The first kappa shape index (κ1) is 13.1. The van der Waals surface area contributed by atoms with Gasteiger partial charge in [-0.25, -0.2) is 0 Å². The normalized spacial score (nSPS) is 22.4. The van der Waals surface area contributed by atoms with Gasteiger partial charge in [0.05, 0.1) is 17.6 Å². The highest BCUT2D eigenvalue weighted by atomic mass is 127. The van der Waals surface area contributed by atoms with Crippen molar-refractivity contribution in [2.75, 3.05) is 0 Å². The van der Waals surface area contributed by atoms with Gasteiger partial charge in [0.15, 0.2) is 0 Å². The van der Waals surface area contributed by atoms with Crippen LogP contribution in [-0.4, -0.2) is 17.1 Å². The van der Waals surface area contributed by atoms with Crippen molar-refractivity contribution < 1.29 is 9.90 Å². The maximum Gasteiger partial charge on any atom is 0.255 e. The van der Waals surface area contributed by atoms with Gasteiger partial charge in [0.25, 0.3) is 5.91 Å². The molecule has 2 atom stereocenters. The van der Waals surface area contributed by atoms with Crippen LogP contribution in [0.15, 0.2) is 18.2 Å². The monoisotopic (exact) mass is 356 g/mol. The Hall–Kier alpha value is -1.29. The molecule has 5 heteroatoms. The summed E-state index contributed by atoms with van der Waals surface area (Å²) in [6.07, 6.45) is 2.62. The van der Waals surface area contributed by atoms with Crippen molar-refractivity contribution in [3.8, 4) is 11.8 Å². The minimum absolute atomic E-state index is 0.0283. The number of rotatable bonds is 2. The second-order valence-electron chi connectivity index (χ2n) is 4.41. The Morgan fingerprint density at radius 3 is 3.00 bits per heavy atom. The topological polar surface area (TPSA) is 73.1 Å². The van der Waals surface area contributed by atoms with Crippen LogP contribution in [0.2, 0.25) is 0 Å². The fourth-order valence-electron chi connectivity index (χ4n) is 2.22. The first-order chi connectivity index (χ1) is 8.61. The third-order valence-corrected chi connectivity index (χ3v) is 3.87. The summed E-state index contributed by atoms with van der Waals surface area (Å²) < 4.78 is 0.888. The van der Waals surface area contributed by atoms with Gasteiger partial charge in [0, 0.05) is 9.61 Å². The molecule has 4 nitrogen and oxygen atoms in total. The quantitative estimate of drug-likeness (QED) is 0.800. The predicted octanol–water partition coefficient (Wildman–Crippen LogP) is 2.42. The van der Waals surface area contributed by atoms with Gasteiger partial charge in [-0.3, -0.25) is 4.79 Å². The zero-order valence-electron chi connectivity index (χ0n) is 9.69. The highest BCUT2D eigenvalue weighted by molar-refractivity contribution is 14.1. The van der Waals surface area contributed by atoms with Gasteiger partial charge < -0.3 is 10.4 Å². The average Bonchev–Trinajstić information content (AvgIpc) is 2.79. The number of benzene rings is 1. The minimum atomic E-state index is -0.307. The van der Waals surface area contributed by atoms with E-state index >= 15 is 0 Å². The molecular weight excluding hydrogens is 343 g/mol. The van der Waals surface area contributed by atoms with Crippen LogP contribution in [0.5, 0.6) is 5.75 Å². The largest absolute Gasteiger partial charge is 0.507 e. The summed E-state index contributed by atoms with van der Waals surface area (Å²) >= 11 is 2.09. The molecule has 2 rings (SSSR count). The molecule has 1 fully saturated rings. The van der Waals surface area contributed by atoms with Crippen LogP contribution in [0, 0.1) is 20.8 Å². The van der Waals surface area contributed by atoms with Crippen LogP contribution in [-0.2, 0) is 0 Å². The molecule has 1 aromatic rings.